The number of benzene rings is 3. The van der Waals surface area contributed by atoms with Gasteiger partial charge in [-0.1, -0.05) is 23.7 Å². The number of ether oxygens (including phenoxy) is 1. The van der Waals surface area contributed by atoms with Crippen molar-refractivity contribution in [3.63, 3.8) is 0 Å². The van der Waals surface area contributed by atoms with Gasteiger partial charge in [0.2, 0.25) is 0 Å². The van der Waals surface area contributed by atoms with Gasteiger partial charge in [0.1, 0.15) is 41.8 Å². The van der Waals surface area contributed by atoms with Crippen LogP contribution in [0.4, 0.5) is 15.9 Å². The minimum atomic E-state index is -0.826. The number of hydrogen-bond donors (Lipinski definition) is 2. The molecule has 3 aromatic carbocycles. The van der Waals surface area contributed by atoms with Crippen LogP contribution in [-0.4, -0.2) is 43.7 Å². The van der Waals surface area contributed by atoms with E-state index in [1.54, 1.807) is 30.5 Å². The highest BCUT2D eigenvalue weighted by Crippen LogP contribution is 2.32. The van der Waals surface area contributed by atoms with Crippen LogP contribution in [0.2, 0.25) is 5.02 Å². The molecule has 2 heterocycles. The van der Waals surface area contributed by atoms with Crippen LogP contribution in [0.1, 0.15) is 11.3 Å². The summed E-state index contributed by atoms with van der Waals surface area (Å²) in [4.78, 5) is 8.83. The van der Waals surface area contributed by atoms with E-state index in [4.69, 9.17) is 20.8 Å². The van der Waals surface area contributed by atoms with E-state index in [1.807, 2.05) is 36.4 Å². The molecule has 0 fully saturated rings. The van der Waals surface area contributed by atoms with Gasteiger partial charge in [-0.05, 0) is 66.2 Å². The van der Waals surface area contributed by atoms with Crippen LogP contribution in [0, 0.1) is 5.82 Å². The molecule has 0 radical (unpaired) electrons. The lowest BCUT2D eigenvalue weighted by atomic mass is 10.1. The summed E-state index contributed by atoms with van der Waals surface area (Å²) in [6.07, 6.45) is 3.19. The zero-order valence-corrected chi connectivity index (χ0v) is 23.7. The van der Waals surface area contributed by atoms with Gasteiger partial charge in [0.15, 0.2) is 0 Å². The molecule has 0 spiro atoms. The lowest BCUT2D eigenvalue weighted by Crippen LogP contribution is -2.19. The smallest absolute Gasteiger partial charge is 0.141 e. The number of nitrogens with zero attached hydrogens (tertiary/aromatic N) is 2. The highest BCUT2D eigenvalue weighted by atomic mass is 35.5. The maximum atomic E-state index is 13.4. The summed E-state index contributed by atoms with van der Waals surface area (Å²) in [7, 11) is -0.826. The quantitative estimate of drug-likeness (QED) is 0.206. The number of furan rings is 1. The zero-order chi connectivity index (χ0) is 27.2. The van der Waals surface area contributed by atoms with Crippen LogP contribution in [-0.2, 0) is 24.0 Å². The molecule has 1 atom stereocenters. The average molecular weight is 601 g/mol. The fourth-order valence-corrected chi connectivity index (χ4v) is 4.65. The Hall–Kier alpha value is -3.87. The molecular formula is C29H30ClFN4O5S. The minimum Gasteiger partial charge on any atom is -0.487 e. The average Bonchev–Trinajstić information content (AvgIpc) is 3.40. The van der Waals surface area contributed by atoms with Gasteiger partial charge in [-0.3, -0.25) is 4.21 Å². The molecule has 0 saturated carbocycles. The predicted octanol–water partition coefficient (Wildman–Crippen LogP) is 4.82. The standard InChI is InChI=1S/C29H26ClFN4O3S.2H2O/c1-39(36)12-11-32-16-23-7-10-27(38-23)20-5-8-26-24(14-20)29(34-18-33-26)35-22-6-9-28(25(30)15-22)37-17-19-3-2-4-21(31)13-19;;/h2-10,13-15,18,32H,11-12,16-17H2,1H3,(H,33,34,35);2*1H2. The second-order valence-electron chi connectivity index (χ2n) is 8.86. The Morgan fingerprint density at radius 2 is 1.88 bits per heavy atom. The normalized spacial score (nSPS) is 11.4. The molecule has 0 aliphatic rings. The SMILES string of the molecule is CS(=O)CCNCc1ccc(-c2ccc3ncnc(Nc4ccc(OCc5cccc(F)c5)c(Cl)c4)c3c2)o1.O.O. The van der Waals surface area contributed by atoms with E-state index in [0.29, 0.717) is 41.0 Å². The third-order valence-electron chi connectivity index (χ3n) is 5.93. The van der Waals surface area contributed by atoms with Gasteiger partial charge in [-0.2, -0.15) is 0 Å². The molecule has 0 aliphatic carbocycles. The molecule has 0 saturated heterocycles. The highest BCUT2D eigenvalue weighted by Gasteiger charge is 2.11. The maximum Gasteiger partial charge on any atom is 0.141 e. The molecule has 41 heavy (non-hydrogen) atoms. The lowest BCUT2D eigenvalue weighted by Gasteiger charge is -2.12. The summed E-state index contributed by atoms with van der Waals surface area (Å²) >= 11 is 6.48. The van der Waals surface area contributed by atoms with Gasteiger partial charge in [0.25, 0.3) is 0 Å². The van der Waals surface area contributed by atoms with E-state index >= 15 is 0 Å². The number of aromatic nitrogens is 2. The predicted molar refractivity (Wildman–Crippen MR) is 161 cm³/mol. The molecule has 216 valence electrons. The van der Waals surface area contributed by atoms with Crippen molar-refractivity contribution in [2.75, 3.05) is 23.9 Å². The van der Waals surface area contributed by atoms with E-state index in [0.717, 1.165) is 33.7 Å². The topological polar surface area (TPSA) is 152 Å². The van der Waals surface area contributed by atoms with Crippen molar-refractivity contribution in [1.82, 2.24) is 15.3 Å². The van der Waals surface area contributed by atoms with E-state index in [-0.39, 0.29) is 23.4 Å². The number of anilines is 2. The molecule has 5 aromatic rings. The van der Waals surface area contributed by atoms with Gasteiger partial charge in [0.05, 0.1) is 17.1 Å². The minimum absolute atomic E-state index is 0. The van der Waals surface area contributed by atoms with Crippen LogP contribution in [0.15, 0.2) is 83.5 Å². The van der Waals surface area contributed by atoms with Gasteiger partial charge in [0, 0.05) is 46.0 Å². The summed E-state index contributed by atoms with van der Waals surface area (Å²) in [6.45, 7) is 1.42. The van der Waals surface area contributed by atoms with E-state index < -0.39 is 10.8 Å². The molecule has 5 rings (SSSR count). The van der Waals surface area contributed by atoms with Crippen molar-refractivity contribution in [1.29, 1.82) is 0 Å². The van der Waals surface area contributed by atoms with E-state index in [2.05, 4.69) is 20.6 Å². The van der Waals surface area contributed by atoms with Gasteiger partial charge in [-0.15, -0.1) is 0 Å². The molecule has 0 bridgehead atoms. The third kappa shape index (κ3) is 8.32. The summed E-state index contributed by atoms with van der Waals surface area (Å²) < 4.78 is 36.5. The number of fused-ring (bicyclic) bond motifs is 1. The first-order chi connectivity index (χ1) is 18.9. The van der Waals surface area contributed by atoms with Crippen molar-refractivity contribution in [2.45, 2.75) is 13.2 Å². The monoisotopic (exact) mass is 600 g/mol. The van der Waals surface area contributed by atoms with Crippen molar-refractivity contribution in [3.05, 3.63) is 101 Å². The van der Waals surface area contributed by atoms with Crippen molar-refractivity contribution < 1.29 is 28.7 Å². The first-order valence-electron chi connectivity index (χ1n) is 12.2. The number of halogens is 2. The fraction of sp³-hybridized carbons (Fsp3) is 0.172. The molecular weight excluding hydrogens is 571 g/mol. The molecule has 6 N–H and O–H groups in total. The molecule has 1 unspecified atom stereocenters. The number of nitrogens with one attached hydrogen (secondary N) is 2. The summed E-state index contributed by atoms with van der Waals surface area (Å²) in [6, 6.07) is 21.3. The Morgan fingerprint density at radius 1 is 1.02 bits per heavy atom. The van der Waals surface area contributed by atoms with E-state index in [9.17, 15) is 8.60 Å². The molecule has 12 heteroatoms. The molecule has 0 amide bonds. The van der Waals surface area contributed by atoms with Crippen molar-refractivity contribution in [2.24, 2.45) is 0 Å². The molecule has 9 nitrogen and oxygen atoms in total. The van der Waals surface area contributed by atoms with Crippen LogP contribution in [0.5, 0.6) is 5.75 Å². The van der Waals surface area contributed by atoms with Gasteiger partial charge < -0.3 is 30.7 Å². The van der Waals surface area contributed by atoms with E-state index in [1.165, 1.54) is 18.5 Å². The summed E-state index contributed by atoms with van der Waals surface area (Å²) in [5, 5.41) is 7.79. The number of hydrogen-bond acceptors (Lipinski definition) is 7. The number of rotatable bonds is 11. The molecule has 0 aliphatic heterocycles. The first-order valence-corrected chi connectivity index (χ1v) is 14.3. The van der Waals surface area contributed by atoms with Gasteiger partial charge >= 0.3 is 0 Å². The first kappa shape index (κ1) is 31.7. The zero-order valence-electron chi connectivity index (χ0n) is 22.1. The Labute approximate surface area is 243 Å². The Bertz CT molecular complexity index is 1630. The Balaban J connectivity index is 0.00000231. The Kier molecular flexibility index (Phi) is 11.3. The summed E-state index contributed by atoms with van der Waals surface area (Å²) in [5.41, 5.74) is 3.10. The second-order valence-corrected chi connectivity index (χ2v) is 10.8. The Morgan fingerprint density at radius 3 is 2.66 bits per heavy atom. The highest BCUT2D eigenvalue weighted by molar-refractivity contribution is 7.84. The lowest BCUT2D eigenvalue weighted by molar-refractivity contribution is 0.306. The fourth-order valence-electron chi connectivity index (χ4n) is 3.99. The molecule has 2 aromatic heterocycles. The van der Waals surface area contributed by atoms with Crippen LogP contribution in [0.3, 0.4) is 0 Å². The van der Waals surface area contributed by atoms with Crippen LogP contribution < -0.4 is 15.4 Å². The van der Waals surface area contributed by atoms with Crippen molar-refractivity contribution in [3.8, 4) is 17.1 Å². The second kappa shape index (κ2) is 14.7. The van der Waals surface area contributed by atoms with Crippen molar-refractivity contribution >= 4 is 44.8 Å². The van der Waals surface area contributed by atoms with Gasteiger partial charge in [-0.25, -0.2) is 14.4 Å². The maximum absolute atomic E-state index is 13.4. The third-order valence-corrected chi connectivity index (χ3v) is 7.00. The van der Waals surface area contributed by atoms with Crippen LogP contribution >= 0.6 is 11.6 Å². The summed E-state index contributed by atoms with van der Waals surface area (Å²) in [5.74, 6) is 2.92. The van der Waals surface area contributed by atoms with Crippen LogP contribution in [0.25, 0.3) is 22.2 Å². The largest absolute Gasteiger partial charge is 0.487 e.